The summed E-state index contributed by atoms with van der Waals surface area (Å²) in [5.74, 6) is 0.687. The van der Waals surface area contributed by atoms with Crippen molar-refractivity contribution in [1.29, 1.82) is 0 Å². The molecule has 0 fully saturated rings. The van der Waals surface area contributed by atoms with E-state index in [1.807, 2.05) is 6.92 Å². The van der Waals surface area contributed by atoms with E-state index in [0.29, 0.717) is 24.7 Å². The van der Waals surface area contributed by atoms with Crippen molar-refractivity contribution in [1.82, 2.24) is 20.9 Å². The molecule has 0 saturated heterocycles. The van der Waals surface area contributed by atoms with Gasteiger partial charge in [0, 0.05) is 31.5 Å². The van der Waals surface area contributed by atoms with Crippen LogP contribution in [0.4, 0.5) is 0 Å². The number of aromatic nitrogens is 1. The average molecular weight is 348 g/mol. The molecule has 1 rings (SSSR count). The van der Waals surface area contributed by atoms with E-state index >= 15 is 0 Å². The number of guanidine groups is 1. The number of aliphatic imine (C=N–C) groups is 1. The molecular formula is C19H33N5O. The Morgan fingerprint density at radius 3 is 2.76 bits per heavy atom. The first-order chi connectivity index (χ1) is 12.2. The predicted octanol–water partition coefficient (Wildman–Crippen LogP) is 2.73. The largest absolute Gasteiger partial charge is 0.357 e. The molecule has 0 saturated carbocycles. The van der Waals surface area contributed by atoms with Gasteiger partial charge in [0.2, 0.25) is 0 Å². The summed E-state index contributed by atoms with van der Waals surface area (Å²) in [6, 6.07) is 3.89. The third-order valence-electron chi connectivity index (χ3n) is 3.81. The van der Waals surface area contributed by atoms with Crippen LogP contribution >= 0.6 is 0 Å². The Balaban J connectivity index is 2.33. The Bertz CT molecular complexity index is 504. The molecular weight excluding hydrogens is 314 g/mol. The molecule has 1 heterocycles. The number of unbranched alkanes of at least 4 members (excludes halogenated alkanes) is 3. The molecule has 6 heteroatoms. The number of hydrogen-bond donors (Lipinski definition) is 3. The zero-order chi connectivity index (χ0) is 18.3. The van der Waals surface area contributed by atoms with Crippen molar-refractivity contribution >= 4 is 11.9 Å². The highest BCUT2D eigenvalue weighted by Gasteiger charge is 2.06. The van der Waals surface area contributed by atoms with Crippen molar-refractivity contribution in [2.75, 3.05) is 19.6 Å². The smallest absolute Gasteiger partial charge is 0.252 e. The Kier molecular flexibility index (Phi) is 11.1. The minimum atomic E-state index is -0.120. The van der Waals surface area contributed by atoms with Gasteiger partial charge in [0.1, 0.15) is 0 Å². The molecule has 25 heavy (non-hydrogen) atoms. The van der Waals surface area contributed by atoms with E-state index in [2.05, 4.69) is 39.8 Å². The summed E-state index contributed by atoms with van der Waals surface area (Å²) in [5.41, 5.74) is 0.567. The first kappa shape index (κ1) is 20.9. The lowest BCUT2D eigenvalue weighted by molar-refractivity contribution is 0.0954. The van der Waals surface area contributed by atoms with Gasteiger partial charge in [0.25, 0.3) is 5.91 Å². The molecule has 140 valence electrons. The van der Waals surface area contributed by atoms with E-state index in [9.17, 15) is 4.79 Å². The lowest BCUT2D eigenvalue weighted by Gasteiger charge is -2.17. The molecule has 1 aromatic heterocycles. The maximum absolute atomic E-state index is 11.9. The fourth-order valence-electron chi connectivity index (χ4n) is 2.44. The second-order valence-corrected chi connectivity index (χ2v) is 6.15. The highest BCUT2D eigenvalue weighted by molar-refractivity contribution is 5.93. The van der Waals surface area contributed by atoms with Crippen molar-refractivity contribution in [3.8, 4) is 0 Å². The van der Waals surface area contributed by atoms with Crippen molar-refractivity contribution < 1.29 is 4.79 Å². The van der Waals surface area contributed by atoms with Crippen LogP contribution < -0.4 is 16.0 Å². The second kappa shape index (κ2) is 13.2. The van der Waals surface area contributed by atoms with E-state index in [1.54, 1.807) is 24.5 Å². The molecule has 1 atom stereocenters. The molecule has 0 bridgehead atoms. The summed E-state index contributed by atoms with van der Waals surface area (Å²) in [5, 5.41) is 9.54. The molecule has 0 aliphatic carbocycles. The van der Waals surface area contributed by atoms with Crippen molar-refractivity contribution in [2.45, 2.75) is 58.9 Å². The minimum absolute atomic E-state index is 0.120. The zero-order valence-corrected chi connectivity index (χ0v) is 15.8. The van der Waals surface area contributed by atoms with Gasteiger partial charge < -0.3 is 16.0 Å². The van der Waals surface area contributed by atoms with Gasteiger partial charge in [-0.3, -0.25) is 14.8 Å². The van der Waals surface area contributed by atoms with Crippen LogP contribution in [0.3, 0.4) is 0 Å². The first-order valence-corrected chi connectivity index (χ1v) is 9.40. The Labute approximate surface area is 151 Å². The SMILES string of the molecule is CCCCCCC(C)NC(=NCCNC(=O)c1cccnc1)NCC. The van der Waals surface area contributed by atoms with Gasteiger partial charge in [-0.15, -0.1) is 0 Å². The predicted molar refractivity (Wildman–Crippen MR) is 104 cm³/mol. The van der Waals surface area contributed by atoms with Crippen LogP contribution in [0.25, 0.3) is 0 Å². The Morgan fingerprint density at radius 1 is 1.24 bits per heavy atom. The van der Waals surface area contributed by atoms with Gasteiger partial charge in [-0.25, -0.2) is 0 Å². The second-order valence-electron chi connectivity index (χ2n) is 6.15. The molecule has 6 nitrogen and oxygen atoms in total. The third-order valence-corrected chi connectivity index (χ3v) is 3.81. The van der Waals surface area contributed by atoms with Crippen LogP contribution in [0.1, 0.15) is 63.2 Å². The molecule has 0 radical (unpaired) electrons. The van der Waals surface area contributed by atoms with Crippen LogP contribution in [0.5, 0.6) is 0 Å². The number of carbonyl (C=O) groups excluding carboxylic acids is 1. The summed E-state index contributed by atoms with van der Waals surface area (Å²) in [6.07, 6.45) is 9.44. The first-order valence-electron chi connectivity index (χ1n) is 9.40. The monoisotopic (exact) mass is 347 g/mol. The zero-order valence-electron chi connectivity index (χ0n) is 15.8. The fourth-order valence-corrected chi connectivity index (χ4v) is 2.44. The number of amides is 1. The molecule has 1 unspecified atom stereocenters. The summed E-state index contributed by atoms with van der Waals surface area (Å²) in [7, 11) is 0. The number of nitrogens with one attached hydrogen (secondary N) is 3. The van der Waals surface area contributed by atoms with Crippen LogP contribution in [-0.2, 0) is 0 Å². The molecule has 1 aromatic rings. The number of carbonyl (C=O) groups is 1. The highest BCUT2D eigenvalue weighted by Crippen LogP contribution is 2.05. The third kappa shape index (κ3) is 9.69. The molecule has 0 spiro atoms. The van der Waals surface area contributed by atoms with E-state index in [-0.39, 0.29) is 5.91 Å². The standard InChI is InChI=1S/C19H33N5O/c1-4-6-7-8-10-16(3)24-19(21-5-2)23-14-13-22-18(25)17-11-9-12-20-15-17/h9,11-12,15-16H,4-8,10,13-14H2,1-3H3,(H,22,25)(H2,21,23,24). The maximum atomic E-state index is 11.9. The molecule has 3 N–H and O–H groups in total. The van der Waals surface area contributed by atoms with E-state index in [0.717, 1.165) is 18.9 Å². The van der Waals surface area contributed by atoms with E-state index < -0.39 is 0 Å². The topological polar surface area (TPSA) is 78.4 Å². The summed E-state index contributed by atoms with van der Waals surface area (Å²) >= 11 is 0. The fraction of sp³-hybridized carbons (Fsp3) is 0.632. The van der Waals surface area contributed by atoms with Crippen molar-refractivity contribution in [3.63, 3.8) is 0 Å². The lowest BCUT2D eigenvalue weighted by Crippen LogP contribution is -2.42. The Morgan fingerprint density at radius 2 is 2.08 bits per heavy atom. The molecule has 0 aliphatic heterocycles. The highest BCUT2D eigenvalue weighted by atomic mass is 16.1. The normalized spacial score (nSPS) is 12.5. The number of rotatable bonds is 11. The van der Waals surface area contributed by atoms with Gasteiger partial charge in [0.15, 0.2) is 5.96 Å². The van der Waals surface area contributed by atoms with Crippen LogP contribution in [0.2, 0.25) is 0 Å². The number of pyridine rings is 1. The van der Waals surface area contributed by atoms with E-state index in [1.165, 1.54) is 25.7 Å². The van der Waals surface area contributed by atoms with E-state index in [4.69, 9.17) is 0 Å². The lowest BCUT2D eigenvalue weighted by atomic mass is 10.1. The van der Waals surface area contributed by atoms with Crippen molar-refractivity contribution in [2.24, 2.45) is 4.99 Å². The average Bonchev–Trinajstić information content (AvgIpc) is 2.63. The molecule has 0 aromatic carbocycles. The van der Waals surface area contributed by atoms with Crippen molar-refractivity contribution in [3.05, 3.63) is 30.1 Å². The molecule has 0 aliphatic rings. The Hall–Kier alpha value is -2.11. The van der Waals surface area contributed by atoms with Gasteiger partial charge in [-0.2, -0.15) is 0 Å². The molecule has 1 amide bonds. The number of nitrogens with zero attached hydrogens (tertiary/aromatic N) is 2. The van der Waals surface area contributed by atoms with Crippen LogP contribution in [0, 0.1) is 0 Å². The van der Waals surface area contributed by atoms with Gasteiger partial charge in [0.05, 0.1) is 12.1 Å². The quantitative estimate of drug-likeness (QED) is 0.327. The van der Waals surface area contributed by atoms with Crippen LogP contribution in [0.15, 0.2) is 29.5 Å². The van der Waals surface area contributed by atoms with Gasteiger partial charge in [-0.05, 0) is 32.4 Å². The summed E-state index contributed by atoms with van der Waals surface area (Å²) < 4.78 is 0. The van der Waals surface area contributed by atoms with Crippen LogP contribution in [-0.4, -0.2) is 42.5 Å². The van der Waals surface area contributed by atoms with Gasteiger partial charge in [-0.1, -0.05) is 32.6 Å². The number of hydrogen-bond acceptors (Lipinski definition) is 3. The summed E-state index contributed by atoms with van der Waals surface area (Å²) in [4.78, 5) is 20.4. The summed E-state index contributed by atoms with van der Waals surface area (Å²) in [6.45, 7) is 8.30. The minimum Gasteiger partial charge on any atom is -0.357 e. The maximum Gasteiger partial charge on any atom is 0.252 e. The van der Waals surface area contributed by atoms with Gasteiger partial charge >= 0.3 is 0 Å².